The third-order valence-electron chi connectivity index (χ3n) is 3.37. The fourth-order valence-electron chi connectivity index (χ4n) is 1.82. The SMILES string of the molecule is CCC(C)(C)C(NN)c1ccc(F)c(C)c1. The molecular formula is C13H21FN2. The molecule has 2 nitrogen and oxygen atoms in total. The van der Waals surface area contributed by atoms with Crippen molar-refractivity contribution in [2.75, 3.05) is 0 Å². The van der Waals surface area contributed by atoms with Gasteiger partial charge in [-0.2, -0.15) is 0 Å². The van der Waals surface area contributed by atoms with Gasteiger partial charge in [-0.3, -0.25) is 11.3 Å². The highest BCUT2D eigenvalue weighted by molar-refractivity contribution is 5.27. The standard InChI is InChI=1S/C13H21FN2/c1-5-13(3,4)12(16-15)10-6-7-11(14)9(2)8-10/h6-8,12,16H,5,15H2,1-4H3. The highest BCUT2D eigenvalue weighted by Gasteiger charge is 2.28. The van der Waals surface area contributed by atoms with E-state index in [2.05, 4.69) is 26.2 Å². The molecule has 3 N–H and O–H groups in total. The van der Waals surface area contributed by atoms with E-state index in [1.54, 1.807) is 13.0 Å². The second-order valence-corrected chi connectivity index (χ2v) is 4.95. The summed E-state index contributed by atoms with van der Waals surface area (Å²) in [6.45, 7) is 8.19. The van der Waals surface area contributed by atoms with Crippen LogP contribution in [0.25, 0.3) is 0 Å². The Kier molecular flexibility index (Phi) is 4.05. The summed E-state index contributed by atoms with van der Waals surface area (Å²) in [5.41, 5.74) is 4.57. The monoisotopic (exact) mass is 224 g/mol. The lowest BCUT2D eigenvalue weighted by molar-refractivity contribution is 0.236. The van der Waals surface area contributed by atoms with Crippen molar-refractivity contribution in [3.63, 3.8) is 0 Å². The lowest BCUT2D eigenvalue weighted by Gasteiger charge is -2.33. The van der Waals surface area contributed by atoms with Crippen molar-refractivity contribution in [3.05, 3.63) is 35.1 Å². The van der Waals surface area contributed by atoms with E-state index in [1.807, 2.05) is 6.07 Å². The molecule has 16 heavy (non-hydrogen) atoms. The number of hydrazine groups is 1. The van der Waals surface area contributed by atoms with E-state index in [-0.39, 0.29) is 17.3 Å². The second-order valence-electron chi connectivity index (χ2n) is 4.95. The van der Waals surface area contributed by atoms with Crippen LogP contribution in [0.15, 0.2) is 18.2 Å². The fraction of sp³-hybridized carbons (Fsp3) is 0.538. The predicted octanol–water partition coefficient (Wildman–Crippen LogP) is 3.07. The molecule has 0 spiro atoms. The minimum Gasteiger partial charge on any atom is -0.271 e. The number of nitrogens with two attached hydrogens (primary N) is 1. The first-order chi connectivity index (χ1) is 7.42. The molecule has 0 heterocycles. The van der Waals surface area contributed by atoms with Crippen LogP contribution in [0.5, 0.6) is 0 Å². The number of hydrogen-bond donors (Lipinski definition) is 2. The molecule has 1 aromatic carbocycles. The van der Waals surface area contributed by atoms with Gasteiger partial charge in [-0.05, 0) is 36.0 Å². The van der Waals surface area contributed by atoms with E-state index in [0.29, 0.717) is 5.56 Å². The van der Waals surface area contributed by atoms with Gasteiger partial charge in [-0.25, -0.2) is 4.39 Å². The summed E-state index contributed by atoms with van der Waals surface area (Å²) < 4.78 is 13.2. The van der Waals surface area contributed by atoms with Gasteiger partial charge < -0.3 is 0 Å². The molecule has 90 valence electrons. The molecule has 1 atom stereocenters. The first-order valence-corrected chi connectivity index (χ1v) is 5.64. The van der Waals surface area contributed by atoms with Crippen LogP contribution in [-0.4, -0.2) is 0 Å². The maximum absolute atomic E-state index is 13.2. The predicted molar refractivity (Wildman–Crippen MR) is 65.3 cm³/mol. The maximum Gasteiger partial charge on any atom is 0.126 e. The van der Waals surface area contributed by atoms with Crippen molar-refractivity contribution in [3.8, 4) is 0 Å². The van der Waals surface area contributed by atoms with Crippen LogP contribution < -0.4 is 11.3 Å². The summed E-state index contributed by atoms with van der Waals surface area (Å²) in [6, 6.07) is 5.19. The van der Waals surface area contributed by atoms with Crippen LogP contribution in [0.1, 0.15) is 44.4 Å². The summed E-state index contributed by atoms with van der Waals surface area (Å²) in [7, 11) is 0. The first kappa shape index (κ1) is 13.1. The van der Waals surface area contributed by atoms with Crippen molar-refractivity contribution < 1.29 is 4.39 Å². The van der Waals surface area contributed by atoms with Gasteiger partial charge in [-0.15, -0.1) is 0 Å². The fourth-order valence-corrected chi connectivity index (χ4v) is 1.82. The minimum atomic E-state index is -0.172. The number of nitrogens with one attached hydrogen (secondary N) is 1. The van der Waals surface area contributed by atoms with E-state index in [4.69, 9.17) is 5.84 Å². The third-order valence-corrected chi connectivity index (χ3v) is 3.37. The van der Waals surface area contributed by atoms with Gasteiger partial charge >= 0.3 is 0 Å². The largest absolute Gasteiger partial charge is 0.271 e. The molecule has 0 bridgehead atoms. The normalized spacial score (nSPS) is 13.9. The van der Waals surface area contributed by atoms with Crippen molar-refractivity contribution in [1.29, 1.82) is 0 Å². The molecule has 0 aromatic heterocycles. The Morgan fingerprint density at radius 1 is 1.44 bits per heavy atom. The van der Waals surface area contributed by atoms with Crippen LogP contribution in [0.3, 0.4) is 0 Å². The van der Waals surface area contributed by atoms with Crippen molar-refractivity contribution in [1.82, 2.24) is 5.43 Å². The van der Waals surface area contributed by atoms with Gasteiger partial charge in [0, 0.05) is 0 Å². The molecule has 0 amide bonds. The molecule has 0 aliphatic carbocycles. The molecule has 1 unspecified atom stereocenters. The minimum absolute atomic E-state index is 0.0387. The van der Waals surface area contributed by atoms with Crippen molar-refractivity contribution >= 4 is 0 Å². The summed E-state index contributed by atoms with van der Waals surface area (Å²) >= 11 is 0. The number of rotatable bonds is 4. The zero-order valence-corrected chi connectivity index (χ0v) is 10.5. The van der Waals surface area contributed by atoms with Gasteiger partial charge in [-0.1, -0.05) is 32.9 Å². The lowest BCUT2D eigenvalue weighted by Crippen LogP contribution is -2.38. The first-order valence-electron chi connectivity index (χ1n) is 5.64. The summed E-state index contributed by atoms with van der Waals surface area (Å²) in [5.74, 6) is 5.44. The summed E-state index contributed by atoms with van der Waals surface area (Å²) in [6.07, 6.45) is 0.998. The van der Waals surface area contributed by atoms with E-state index >= 15 is 0 Å². The smallest absolute Gasteiger partial charge is 0.126 e. The quantitative estimate of drug-likeness (QED) is 0.609. The summed E-state index contributed by atoms with van der Waals surface area (Å²) in [4.78, 5) is 0. The van der Waals surface area contributed by atoms with Gasteiger partial charge in [0.2, 0.25) is 0 Å². The maximum atomic E-state index is 13.2. The molecule has 1 aromatic rings. The van der Waals surface area contributed by atoms with Gasteiger partial charge in [0.15, 0.2) is 0 Å². The zero-order chi connectivity index (χ0) is 12.3. The Labute approximate surface area is 97.0 Å². The molecule has 0 aliphatic heterocycles. The topological polar surface area (TPSA) is 38.0 Å². The highest BCUT2D eigenvalue weighted by atomic mass is 19.1. The third kappa shape index (κ3) is 2.60. The molecule has 0 aliphatic rings. The van der Waals surface area contributed by atoms with Gasteiger partial charge in [0.25, 0.3) is 0 Å². The van der Waals surface area contributed by atoms with Crippen LogP contribution in [-0.2, 0) is 0 Å². The molecule has 3 heteroatoms. The molecule has 0 saturated heterocycles. The Hall–Kier alpha value is -0.930. The Bertz CT molecular complexity index is 361. The average Bonchev–Trinajstić information content (AvgIpc) is 2.24. The number of halogens is 1. The number of benzene rings is 1. The number of aryl methyl sites for hydroxylation is 1. The summed E-state index contributed by atoms with van der Waals surface area (Å²) in [5, 5.41) is 0. The number of hydrogen-bond acceptors (Lipinski definition) is 2. The van der Waals surface area contributed by atoms with Crippen LogP contribution in [0.2, 0.25) is 0 Å². The Balaban J connectivity index is 3.09. The molecule has 0 saturated carbocycles. The Morgan fingerprint density at radius 3 is 2.50 bits per heavy atom. The van der Waals surface area contributed by atoms with E-state index in [0.717, 1.165) is 12.0 Å². The second kappa shape index (κ2) is 4.93. The van der Waals surface area contributed by atoms with Crippen LogP contribution >= 0.6 is 0 Å². The van der Waals surface area contributed by atoms with Crippen LogP contribution in [0, 0.1) is 18.2 Å². The average molecular weight is 224 g/mol. The zero-order valence-electron chi connectivity index (χ0n) is 10.5. The van der Waals surface area contributed by atoms with E-state index in [9.17, 15) is 4.39 Å². The van der Waals surface area contributed by atoms with E-state index < -0.39 is 0 Å². The highest BCUT2D eigenvalue weighted by Crippen LogP contribution is 2.35. The van der Waals surface area contributed by atoms with Gasteiger partial charge in [0.1, 0.15) is 5.82 Å². The Morgan fingerprint density at radius 2 is 2.06 bits per heavy atom. The molecule has 1 rings (SSSR count). The van der Waals surface area contributed by atoms with Crippen molar-refractivity contribution in [2.24, 2.45) is 11.3 Å². The molecule has 0 radical (unpaired) electrons. The molecule has 0 fully saturated rings. The van der Waals surface area contributed by atoms with E-state index in [1.165, 1.54) is 6.07 Å². The molecular weight excluding hydrogens is 203 g/mol. The van der Waals surface area contributed by atoms with Crippen molar-refractivity contribution in [2.45, 2.75) is 40.2 Å². The van der Waals surface area contributed by atoms with Gasteiger partial charge in [0.05, 0.1) is 6.04 Å². The van der Waals surface area contributed by atoms with Crippen LogP contribution in [0.4, 0.5) is 4.39 Å². The lowest BCUT2D eigenvalue weighted by atomic mass is 9.78.